The molecule has 0 radical (unpaired) electrons. The number of benzene rings is 1. The van der Waals surface area contributed by atoms with E-state index in [0.717, 1.165) is 52.8 Å². The number of rotatable bonds is 5. The summed E-state index contributed by atoms with van der Waals surface area (Å²) in [6.07, 6.45) is 1.50. The van der Waals surface area contributed by atoms with Crippen molar-refractivity contribution in [1.29, 1.82) is 5.26 Å². The molecule has 7 heteroatoms. The average molecular weight is 426 g/mol. The summed E-state index contributed by atoms with van der Waals surface area (Å²) >= 11 is 1.61. The summed E-state index contributed by atoms with van der Waals surface area (Å²) in [4.78, 5) is 7.21. The molecule has 0 atom stereocenters. The van der Waals surface area contributed by atoms with Crippen LogP contribution in [0.3, 0.4) is 0 Å². The molecule has 2 aliphatic heterocycles. The highest BCUT2D eigenvalue weighted by molar-refractivity contribution is 7.99. The second-order valence-corrected chi connectivity index (χ2v) is 9.36. The molecular weight excluding hydrogens is 398 g/mol. The molecule has 158 valence electrons. The Morgan fingerprint density at radius 2 is 2.07 bits per heavy atom. The minimum absolute atomic E-state index is 0.277. The van der Waals surface area contributed by atoms with Gasteiger partial charge in [0, 0.05) is 30.8 Å². The predicted molar refractivity (Wildman–Crippen MR) is 117 cm³/mol. The van der Waals surface area contributed by atoms with Crippen LogP contribution in [0, 0.1) is 11.3 Å². The predicted octanol–water partition coefficient (Wildman–Crippen LogP) is 3.68. The van der Waals surface area contributed by atoms with Gasteiger partial charge in [-0.25, -0.2) is 4.98 Å². The van der Waals surface area contributed by atoms with Crippen LogP contribution in [0.1, 0.15) is 36.1 Å². The van der Waals surface area contributed by atoms with Crippen molar-refractivity contribution < 1.29 is 14.6 Å². The number of hydrogen-bond donors (Lipinski definition) is 1. The van der Waals surface area contributed by atoms with Gasteiger partial charge in [-0.05, 0) is 43.5 Å². The highest BCUT2D eigenvalue weighted by atomic mass is 32.2. The molecule has 4 rings (SSSR count). The molecule has 0 bridgehead atoms. The van der Waals surface area contributed by atoms with Gasteiger partial charge in [-0.1, -0.05) is 12.1 Å². The first-order valence-corrected chi connectivity index (χ1v) is 11.3. The van der Waals surface area contributed by atoms with Crippen molar-refractivity contribution in [2.24, 2.45) is 0 Å². The third kappa shape index (κ3) is 4.56. The summed E-state index contributed by atoms with van der Waals surface area (Å²) in [5.41, 5.74) is 3.57. The smallest absolute Gasteiger partial charge is 0.135 e. The Labute approximate surface area is 181 Å². The Morgan fingerprint density at radius 3 is 2.80 bits per heavy atom. The lowest BCUT2D eigenvalue weighted by molar-refractivity contribution is -0.0402. The zero-order valence-corrected chi connectivity index (χ0v) is 18.3. The molecule has 0 amide bonds. The Morgan fingerprint density at radius 1 is 1.27 bits per heavy atom. The summed E-state index contributed by atoms with van der Waals surface area (Å²) in [6.45, 7) is 7.57. The number of aryl methyl sites for hydroxylation is 1. The van der Waals surface area contributed by atoms with Gasteiger partial charge in [0.15, 0.2) is 0 Å². The SMILES string of the molecule is CC1(C)Cc2c(C#N)c(SCCc3cccc(O)c3)nc(N3CCOCC3)c2CO1. The molecule has 1 fully saturated rings. The normalized spacial score (nSPS) is 18.0. The molecule has 6 nitrogen and oxygen atoms in total. The third-order valence-corrected chi connectivity index (χ3v) is 6.51. The van der Waals surface area contributed by atoms with Crippen LogP contribution in [0.15, 0.2) is 29.3 Å². The van der Waals surface area contributed by atoms with E-state index >= 15 is 0 Å². The van der Waals surface area contributed by atoms with Crippen LogP contribution < -0.4 is 4.90 Å². The molecule has 1 aromatic carbocycles. The molecule has 2 aromatic rings. The van der Waals surface area contributed by atoms with Crippen LogP contribution in [0.4, 0.5) is 5.82 Å². The van der Waals surface area contributed by atoms with Gasteiger partial charge in [0.25, 0.3) is 0 Å². The number of thioether (sulfide) groups is 1. The number of phenols is 1. The number of aromatic nitrogens is 1. The number of hydrogen-bond acceptors (Lipinski definition) is 7. The number of aromatic hydroxyl groups is 1. The number of phenolic OH excluding ortho intramolecular Hbond substituents is 1. The molecular formula is C23H27N3O3S. The molecule has 0 aliphatic carbocycles. The average Bonchev–Trinajstić information content (AvgIpc) is 2.73. The maximum Gasteiger partial charge on any atom is 0.135 e. The first-order valence-electron chi connectivity index (χ1n) is 10.3. The van der Waals surface area contributed by atoms with E-state index in [-0.39, 0.29) is 11.4 Å². The number of ether oxygens (including phenoxy) is 2. The fraction of sp³-hybridized carbons (Fsp3) is 0.478. The van der Waals surface area contributed by atoms with E-state index in [0.29, 0.717) is 31.8 Å². The highest BCUT2D eigenvalue weighted by Gasteiger charge is 2.33. The first-order chi connectivity index (χ1) is 14.5. The van der Waals surface area contributed by atoms with Gasteiger partial charge in [0.2, 0.25) is 0 Å². The molecule has 30 heavy (non-hydrogen) atoms. The molecule has 0 saturated carbocycles. The number of morpholine rings is 1. The summed E-state index contributed by atoms with van der Waals surface area (Å²) in [5.74, 6) is 1.99. The monoisotopic (exact) mass is 425 g/mol. The summed E-state index contributed by atoms with van der Waals surface area (Å²) in [6, 6.07) is 9.74. The van der Waals surface area contributed by atoms with Crippen molar-refractivity contribution in [3.63, 3.8) is 0 Å². The molecule has 0 unspecified atom stereocenters. The maximum absolute atomic E-state index is 9.99. The van der Waals surface area contributed by atoms with E-state index in [4.69, 9.17) is 14.5 Å². The third-order valence-electron chi connectivity index (χ3n) is 5.53. The number of fused-ring (bicyclic) bond motifs is 1. The van der Waals surface area contributed by atoms with Crippen LogP contribution in [-0.4, -0.2) is 47.7 Å². The fourth-order valence-corrected chi connectivity index (χ4v) is 4.95. The van der Waals surface area contributed by atoms with Gasteiger partial charge in [-0.2, -0.15) is 5.26 Å². The van der Waals surface area contributed by atoms with Crippen molar-refractivity contribution in [1.82, 2.24) is 4.98 Å². The zero-order valence-electron chi connectivity index (χ0n) is 17.5. The van der Waals surface area contributed by atoms with Gasteiger partial charge in [0.1, 0.15) is 22.7 Å². The van der Waals surface area contributed by atoms with Gasteiger partial charge in [-0.3, -0.25) is 0 Å². The van der Waals surface area contributed by atoms with E-state index < -0.39 is 0 Å². The molecule has 1 aromatic heterocycles. The van der Waals surface area contributed by atoms with E-state index in [1.54, 1.807) is 23.9 Å². The minimum atomic E-state index is -0.300. The van der Waals surface area contributed by atoms with Gasteiger partial charge < -0.3 is 19.5 Å². The Bertz CT molecular complexity index is 965. The molecule has 0 spiro atoms. The topological polar surface area (TPSA) is 78.6 Å². The summed E-state index contributed by atoms with van der Waals surface area (Å²) < 4.78 is 11.6. The standard InChI is InChI=1S/C23H27N3O3S/c1-23(2)13-18-19(14-24)22(30-11-6-16-4-3-5-17(27)12-16)25-21(20(18)15-29-23)26-7-9-28-10-8-26/h3-5,12,27H,6-11,13,15H2,1-2H3. The van der Waals surface area contributed by atoms with E-state index in [9.17, 15) is 10.4 Å². The lowest BCUT2D eigenvalue weighted by Crippen LogP contribution is -2.39. The van der Waals surface area contributed by atoms with Crippen molar-refractivity contribution in [3.8, 4) is 11.8 Å². The Balaban J connectivity index is 1.65. The van der Waals surface area contributed by atoms with Crippen LogP contribution in [0.2, 0.25) is 0 Å². The van der Waals surface area contributed by atoms with E-state index in [1.165, 1.54) is 0 Å². The summed E-state index contributed by atoms with van der Waals surface area (Å²) in [7, 11) is 0. The first kappa shape index (κ1) is 21.0. The van der Waals surface area contributed by atoms with Gasteiger partial charge in [0.05, 0.1) is 31.0 Å². The highest BCUT2D eigenvalue weighted by Crippen LogP contribution is 2.38. The summed E-state index contributed by atoms with van der Waals surface area (Å²) in [5, 5.41) is 20.5. The molecule has 3 heterocycles. The van der Waals surface area contributed by atoms with Crippen LogP contribution in [0.25, 0.3) is 0 Å². The van der Waals surface area contributed by atoms with Crippen molar-refractivity contribution in [2.75, 3.05) is 37.0 Å². The second-order valence-electron chi connectivity index (χ2n) is 8.28. The van der Waals surface area contributed by atoms with Crippen molar-refractivity contribution >= 4 is 17.6 Å². The lowest BCUT2D eigenvalue weighted by Gasteiger charge is -2.36. The van der Waals surface area contributed by atoms with Crippen molar-refractivity contribution in [3.05, 3.63) is 46.5 Å². The maximum atomic E-state index is 9.99. The second kappa shape index (κ2) is 8.84. The largest absolute Gasteiger partial charge is 0.508 e. The molecule has 1 N–H and O–H groups in total. The number of anilines is 1. The van der Waals surface area contributed by atoms with Gasteiger partial charge >= 0.3 is 0 Å². The Hall–Kier alpha value is -2.27. The van der Waals surface area contributed by atoms with Gasteiger partial charge in [-0.15, -0.1) is 11.8 Å². The van der Waals surface area contributed by atoms with Crippen LogP contribution >= 0.6 is 11.8 Å². The molecule has 2 aliphatic rings. The van der Waals surface area contributed by atoms with Crippen LogP contribution in [-0.2, 0) is 28.9 Å². The fourth-order valence-electron chi connectivity index (χ4n) is 3.96. The quantitative estimate of drug-likeness (QED) is 0.732. The molecule has 1 saturated heterocycles. The number of pyridine rings is 1. The Kier molecular flexibility index (Phi) is 6.19. The number of nitrogens with zero attached hydrogens (tertiary/aromatic N) is 3. The minimum Gasteiger partial charge on any atom is -0.508 e. The van der Waals surface area contributed by atoms with Crippen LogP contribution in [0.5, 0.6) is 5.75 Å². The van der Waals surface area contributed by atoms with Crippen molar-refractivity contribution in [2.45, 2.75) is 43.9 Å². The number of nitriles is 1. The van der Waals surface area contributed by atoms with E-state index in [1.807, 2.05) is 12.1 Å². The van der Waals surface area contributed by atoms with E-state index in [2.05, 4.69) is 24.8 Å². The lowest BCUT2D eigenvalue weighted by atomic mass is 9.89. The zero-order chi connectivity index (χ0) is 21.1.